The zero-order valence-electron chi connectivity index (χ0n) is 19.7. The number of hydrogen-bond donors (Lipinski definition) is 2. The third-order valence-corrected chi connectivity index (χ3v) is 4.85. The van der Waals surface area contributed by atoms with Crippen molar-refractivity contribution in [2.45, 2.75) is 18.7 Å². The van der Waals surface area contributed by atoms with Gasteiger partial charge < -0.3 is 20.3 Å². The standard InChI is InChI=1S/C23H20F9N5O/c1-37(2)9-8-33-20-35-18(13-4-3-5-15(10-13)38-23(30,31)32)12-19(36-20)34-17-7-6-14(21(24,25)26)11-16(17)22(27,28)29/h3-7,10-12H,8-9H2,1-2H3,(H2,33,34,35,36). The quantitative estimate of drug-likeness (QED) is 0.300. The van der Waals surface area contributed by atoms with E-state index >= 15 is 0 Å². The zero-order chi connectivity index (χ0) is 28.3. The zero-order valence-corrected chi connectivity index (χ0v) is 19.7. The Bertz CT molecular complexity index is 1260. The molecular formula is C23H20F9N5O. The number of halogens is 9. The summed E-state index contributed by atoms with van der Waals surface area (Å²) in [4.78, 5) is 10.1. The topological polar surface area (TPSA) is 62.3 Å². The molecule has 3 aromatic rings. The highest BCUT2D eigenvalue weighted by atomic mass is 19.4. The van der Waals surface area contributed by atoms with Crippen molar-refractivity contribution in [3.63, 3.8) is 0 Å². The van der Waals surface area contributed by atoms with Gasteiger partial charge in [-0.15, -0.1) is 13.2 Å². The number of rotatable bonds is 8. The second kappa shape index (κ2) is 10.9. The van der Waals surface area contributed by atoms with Crippen LogP contribution in [0.4, 0.5) is 57.0 Å². The summed E-state index contributed by atoms with van der Waals surface area (Å²) >= 11 is 0. The molecule has 0 aliphatic heterocycles. The number of alkyl halides is 9. The molecular weight excluding hydrogens is 533 g/mol. The molecule has 0 amide bonds. The van der Waals surface area contributed by atoms with Crippen molar-refractivity contribution in [2.75, 3.05) is 37.8 Å². The van der Waals surface area contributed by atoms with Crippen molar-refractivity contribution in [1.82, 2.24) is 14.9 Å². The van der Waals surface area contributed by atoms with Gasteiger partial charge in [-0.25, -0.2) is 4.98 Å². The summed E-state index contributed by atoms with van der Waals surface area (Å²) < 4.78 is 122. The lowest BCUT2D eigenvalue weighted by Gasteiger charge is -2.18. The van der Waals surface area contributed by atoms with Crippen LogP contribution in [-0.4, -0.2) is 48.4 Å². The van der Waals surface area contributed by atoms with Crippen molar-refractivity contribution in [1.29, 1.82) is 0 Å². The second-order valence-electron chi connectivity index (χ2n) is 8.15. The molecule has 1 aromatic heterocycles. The van der Waals surface area contributed by atoms with Gasteiger partial charge in [0.25, 0.3) is 0 Å². The number of ether oxygens (including phenoxy) is 1. The molecule has 0 aliphatic carbocycles. The number of benzene rings is 2. The maximum atomic E-state index is 13.6. The maximum absolute atomic E-state index is 13.6. The molecule has 0 bridgehead atoms. The van der Waals surface area contributed by atoms with Gasteiger partial charge in [0.1, 0.15) is 11.6 Å². The predicted molar refractivity (Wildman–Crippen MR) is 121 cm³/mol. The van der Waals surface area contributed by atoms with Gasteiger partial charge >= 0.3 is 18.7 Å². The number of hydrogen-bond acceptors (Lipinski definition) is 6. The summed E-state index contributed by atoms with van der Waals surface area (Å²) in [7, 11) is 3.56. The average Bonchev–Trinajstić information content (AvgIpc) is 2.76. The highest BCUT2D eigenvalue weighted by Gasteiger charge is 2.38. The molecule has 0 radical (unpaired) electrons. The van der Waals surface area contributed by atoms with Crippen LogP contribution in [0.25, 0.3) is 11.3 Å². The van der Waals surface area contributed by atoms with Crippen LogP contribution in [-0.2, 0) is 12.4 Å². The minimum Gasteiger partial charge on any atom is -0.406 e. The van der Waals surface area contributed by atoms with Crippen LogP contribution in [0.2, 0.25) is 0 Å². The van der Waals surface area contributed by atoms with Crippen LogP contribution in [0.1, 0.15) is 11.1 Å². The number of anilines is 3. The van der Waals surface area contributed by atoms with E-state index in [9.17, 15) is 39.5 Å². The molecule has 0 atom stereocenters. The Morgan fingerprint density at radius 1 is 0.842 bits per heavy atom. The molecule has 0 saturated carbocycles. The van der Waals surface area contributed by atoms with Crippen molar-refractivity contribution in [3.05, 3.63) is 59.7 Å². The minimum absolute atomic E-state index is 0.00273. The normalized spacial score (nSPS) is 12.5. The van der Waals surface area contributed by atoms with Gasteiger partial charge in [-0.3, -0.25) is 0 Å². The number of nitrogens with one attached hydrogen (secondary N) is 2. The molecule has 0 spiro atoms. The van der Waals surface area contributed by atoms with E-state index in [-0.39, 0.29) is 29.1 Å². The Labute approximate surface area is 210 Å². The Hall–Kier alpha value is -3.75. The van der Waals surface area contributed by atoms with E-state index in [0.717, 1.165) is 18.2 Å². The first kappa shape index (κ1) is 28.8. The summed E-state index contributed by atoms with van der Waals surface area (Å²) in [5.41, 5.74) is -3.69. The Morgan fingerprint density at radius 3 is 2.16 bits per heavy atom. The van der Waals surface area contributed by atoms with E-state index in [4.69, 9.17) is 0 Å². The first-order valence-corrected chi connectivity index (χ1v) is 10.7. The molecule has 15 heteroatoms. The molecule has 38 heavy (non-hydrogen) atoms. The molecule has 0 saturated heterocycles. The molecule has 2 N–H and O–H groups in total. The second-order valence-corrected chi connectivity index (χ2v) is 8.15. The van der Waals surface area contributed by atoms with Crippen LogP contribution < -0.4 is 15.4 Å². The van der Waals surface area contributed by atoms with E-state index in [1.165, 1.54) is 12.1 Å². The third-order valence-electron chi connectivity index (χ3n) is 4.85. The first-order valence-electron chi connectivity index (χ1n) is 10.7. The lowest BCUT2D eigenvalue weighted by molar-refractivity contribution is -0.274. The first-order chi connectivity index (χ1) is 17.5. The minimum atomic E-state index is -5.14. The number of nitrogens with zero attached hydrogens (tertiary/aromatic N) is 3. The van der Waals surface area contributed by atoms with Gasteiger partial charge in [-0.2, -0.15) is 31.3 Å². The highest BCUT2D eigenvalue weighted by Crippen LogP contribution is 2.40. The fourth-order valence-corrected chi connectivity index (χ4v) is 3.18. The smallest absolute Gasteiger partial charge is 0.406 e. The summed E-state index contributed by atoms with van der Waals surface area (Å²) in [6, 6.07) is 6.91. The van der Waals surface area contributed by atoms with E-state index in [1.54, 1.807) is 14.1 Å². The van der Waals surface area contributed by atoms with Crippen molar-refractivity contribution in [3.8, 4) is 17.0 Å². The molecule has 0 fully saturated rings. The largest absolute Gasteiger partial charge is 0.573 e. The summed E-state index contributed by atoms with van der Waals surface area (Å²) in [5.74, 6) is -0.906. The fourth-order valence-electron chi connectivity index (χ4n) is 3.18. The van der Waals surface area contributed by atoms with Gasteiger partial charge in [-0.05, 0) is 44.4 Å². The van der Waals surface area contributed by atoms with Crippen LogP contribution in [0.15, 0.2) is 48.5 Å². The molecule has 1 heterocycles. The average molecular weight is 553 g/mol. The lowest BCUT2D eigenvalue weighted by atomic mass is 10.1. The van der Waals surface area contributed by atoms with E-state index in [0.29, 0.717) is 25.2 Å². The summed E-state index contributed by atoms with van der Waals surface area (Å²) in [5, 5.41) is 5.21. The molecule has 6 nitrogen and oxygen atoms in total. The van der Waals surface area contributed by atoms with Crippen LogP contribution in [0, 0.1) is 0 Å². The third kappa shape index (κ3) is 8.13. The van der Waals surface area contributed by atoms with E-state index < -0.39 is 41.3 Å². The van der Waals surface area contributed by atoms with Gasteiger partial charge in [0, 0.05) is 24.7 Å². The van der Waals surface area contributed by atoms with Crippen molar-refractivity contribution < 1.29 is 44.3 Å². The highest BCUT2D eigenvalue weighted by molar-refractivity contribution is 5.70. The molecule has 206 valence electrons. The Morgan fingerprint density at radius 2 is 1.55 bits per heavy atom. The summed E-state index contributed by atoms with van der Waals surface area (Å²) in [6.07, 6.45) is -15.1. The Balaban J connectivity index is 2.05. The molecule has 0 unspecified atom stereocenters. The van der Waals surface area contributed by atoms with Crippen LogP contribution in [0.5, 0.6) is 5.75 Å². The van der Waals surface area contributed by atoms with Gasteiger partial charge in [0.2, 0.25) is 5.95 Å². The lowest BCUT2D eigenvalue weighted by Crippen LogP contribution is -2.21. The Kier molecular flexibility index (Phi) is 8.29. The monoisotopic (exact) mass is 553 g/mol. The van der Waals surface area contributed by atoms with Crippen molar-refractivity contribution in [2.24, 2.45) is 0 Å². The SMILES string of the molecule is CN(C)CCNc1nc(Nc2ccc(C(F)(F)F)cc2C(F)(F)F)cc(-c2cccc(OC(F)(F)F)c2)n1. The maximum Gasteiger partial charge on any atom is 0.573 e. The number of aromatic nitrogens is 2. The predicted octanol–water partition coefficient (Wildman–Crippen LogP) is 6.80. The molecule has 0 aliphatic rings. The van der Waals surface area contributed by atoms with E-state index in [1.807, 2.05) is 4.90 Å². The van der Waals surface area contributed by atoms with Gasteiger partial charge in [0.15, 0.2) is 0 Å². The number of likely N-dealkylation sites (N-methyl/N-ethyl adjacent to an activating group) is 1. The van der Waals surface area contributed by atoms with Crippen LogP contribution in [0.3, 0.4) is 0 Å². The van der Waals surface area contributed by atoms with Crippen LogP contribution >= 0.6 is 0 Å². The molecule has 3 rings (SSSR count). The van der Waals surface area contributed by atoms with Gasteiger partial charge in [0.05, 0.1) is 22.5 Å². The molecule has 2 aromatic carbocycles. The van der Waals surface area contributed by atoms with Gasteiger partial charge in [-0.1, -0.05) is 12.1 Å². The fraction of sp³-hybridized carbons (Fsp3) is 0.304. The van der Waals surface area contributed by atoms with Crippen molar-refractivity contribution >= 4 is 17.5 Å². The van der Waals surface area contributed by atoms with E-state index in [2.05, 4.69) is 25.3 Å². The summed E-state index contributed by atoms with van der Waals surface area (Å²) in [6.45, 7) is 0.795.